The number of ether oxygens (including phenoxy) is 4. The Hall–Kier alpha value is -4.02. The molecule has 6 rings (SSSR count). The number of alkyl halides is 2. The van der Waals surface area contributed by atoms with Gasteiger partial charge >= 0.3 is 6.09 Å². The molecule has 0 saturated carbocycles. The molecule has 46 heavy (non-hydrogen) atoms. The van der Waals surface area contributed by atoms with Gasteiger partial charge in [-0.25, -0.2) is 14.2 Å². The van der Waals surface area contributed by atoms with Gasteiger partial charge in [-0.3, -0.25) is 9.29 Å². The molecule has 3 heterocycles. The maximum absolute atomic E-state index is 15.6. The van der Waals surface area contributed by atoms with Crippen molar-refractivity contribution in [2.45, 2.75) is 50.5 Å². The van der Waals surface area contributed by atoms with Gasteiger partial charge in [0, 0.05) is 37.0 Å². The Morgan fingerprint density at radius 3 is 2.65 bits per heavy atom. The van der Waals surface area contributed by atoms with Gasteiger partial charge in [0.05, 0.1) is 39.6 Å². The standard InChI is InChI=1S/C36H41F2N3O5/c1-25-17-29-28-12-7-6-11-27(28)18-30(29)34(41(25)22-36(38)23-44-24-36)31-20-39-33(19-32(31)43-2)45-16-15-40(14-8-13-37)35(42)46-21-26-9-4-3-5-10-26/h3-7,9-12,19-20,25,34H,8,13-18,21-24H2,1-2H3/t25-,34+/m1/s1. The lowest BCUT2D eigenvalue weighted by Gasteiger charge is -2.47. The molecule has 2 atom stereocenters. The molecule has 1 saturated heterocycles. The number of fused-ring (bicyclic) bond motifs is 2. The number of hydrogen-bond donors (Lipinski definition) is 0. The number of hydrogen-bond acceptors (Lipinski definition) is 7. The van der Waals surface area contributed by atoms with Gasteiger partial charge in [-0.05, 0) is 54.0 Å². The first-order valence-electron chi connectivity index (χ1n) is 15.9. The Morgan fingerprint density at radius 1 is 1.13 bits per heavy atom. The van der Waals surface area contributed by atoms with Crippen molar-refractivity contribution < 1.29 is 32.5 Å². The van der Waals surface area contributed by atoms with Gasteiger partial charge in [0.25, 0.3) is 0 Å². The first-order valence-corrected chi connectivity index (χ1v) is 15.9. The molecule has 0 bridgehead atoms. The van der Waals surface area contributed by atoms with Crippen LogP contribution in [0.5, 0.6) is 11.6 Å². The third-order valence-corrected chi connectivity index (χ3v) is 9.05. The summed E-state index contributed by atoms with van der Waals surface area (Å²) in [6.45, 7) is 2.72. The van der Waals surface area contributed by atoms with E-state index in [0.717, 1.165) is 24.0 Å². The average Bonchev–Trinajstić information content (AvgIpc) is 3.43. The summed E-state index contributed by atoms with van der Waals surface area (Å²) in [7, 11) is 1.61. The molecular weight excluding hydrogens is 592 g/mol. The number of halogens is 2. The number of benzene rings is 2. The number of nitrogens with zero attached hydrogens (tertiary/aromatic N) is 3. The number of pyridine rings is 1. The minimum absolute atomic E-state index is 0.0840. The van der Waals surface area contributed by atoms with Crippen molar-refractivity contribution in [2.75, 3.05) is 53.2 Å². The van der Waals surface area contributed by atoms with Crippen LogP contribution in [0.25, 0.3) is 5.57 Å². The summed E-state index contributed by atoms with van der Waals surface area (Å²) in [5, 5.41) is 0. The molecule has 2 aliphatic heterocycles. The van der Waals surface area contributed by atoms with Crippen LogP contribution in [0.2, 0.25) is 0 Å². The quantitative estimate of drug-likeness (QED) is 0.217. The molecule has 3 aromatic rings. The summed E-state index contributed by atoms with van der Waals surface area (Å²) in [5.74, 6) is 0.920. The summed E-state index contributed by atoms with van der Waals surface area (Å²) in [5.41, 5.74) is 5.43. The molecule has 1 aliphatic carbocycles. The maximum atomic E-state index is 15.6. The highest BCUT2D eigenvalue weighted by molar-refractivity contribution is 5.79. The molecule has 2 aromatic carbocycles. The monoisotopic (exact) mass is 633 g/mol. The zero-order valence-corrected chi connectivity index (χ0v) is 26.4. The molecule has 8 nitrogen and oxygen atoms in total. The van der Waals surface area contributed by atoms with Crippen molar-refractivity contribution in [1.82, 2.24) is 14.8 Å². The zero-order chi connectivity index (χ0) is 32.1. The van der Waals surface area contributed by atoms with Crippen molar-refractivity contribution in [2.24, 2.45) is 0 Å². The molecule has 244 valence electrons. The van der Waals surface area contributed by atoms with Gasteiger partial charge in [0.2, 0.25) is 5.88 Å². The largest absolute Gasteiger partial charge is 0.496 e. The third-order valence-electron chi connectivity index (χ3n) is 9.05. The fraction of sp³-hybridized carbons (Fsp3) is 0.444. The van der Waals surface area contributed by atoms with Crippen LogP contribution in [0.3, 0.4) is 0 Å². The zero-order valence-electron chi connectivity index (χ0n) is 26.4. The van der Waals surface area contributed by atoms with E-state index in [0.29, 0.717) is 11.6 Å². The van der Waals surface area contributed by atoms with Crippen LogP contribution in [-0.4, -0.2) is 85.8 Å². The molecule has 10 heteroatoms. The average molecular weight is 634 g/mol. The lowest BCUT2D eigenvalue weighted by Crippen LogP contribution is -2.57. The number of amides is 1. The normalized spacial score (nSPS) is 20.0. The van der Waals surface area contributed by atoms with Crippen molar-refractivity contribution in [3.8, 4) is 11.6 Å². The Labute approximate surface area is 268 Å². The molecule has 0 radical (unpaired) electrons. The number of aromatic nitrogens is 1. The first-order chi connectivity index (χ1) is 22.4. The SMILES string of the molecule is COc1cc(OCCN(CCCF)C(=O)OCc2ccccc2)ncc1[C@@H]1C2=C(C[C@@H](C)N1CC1(F)COC1)c1ccccc1C2. The topological polar surface area (TPSA) is 73.4 Å². The van der Waals surface area contributed by atoms with Gasteiger partial charge in [-0.15, -0.1) is 0 Å². The van der Waals surface area contributed by atoms with Crippen LogP contribution in [0.1, 0.15) is 48.1 Å². The predicted molar refractivity (Wildman–Crippen MR) is 170 cm³/mol. The lowest BCUT2D eigenvalue weighted by atomic mass is 9.84. The van der Waals surface area contributed by atoms with Gasteiger partial charge in [0.1, 0.15) is 19.0 Å². The van der Waals surface area contributed by atoms with Crippen LogP contribution in [0.4, 0.5) is 13.6 Å². The molecule has 0 spiro atoms. The maximum Gasteiger partial charge on any atom is 0.410 e. The molecule has 1 aromatic heterocycles. The van der Waals surface area contributed by atoms with Crippen molar-refractivity contribution in [3.63, 3.8) is 0 Å². The highest BCUT2D eigenvalue weighted by atomic mass is 19.1. The predicted octanol–water partition coefficient (Wildman–Crippen LogP) is 6.35. The minimum atomic E-state index is -1.39. The van der Waals surface area contributed by atoms with E-state index >= 15 is 4.39 Å². The Morgan fingerprint density at radius 2 is 1.91 bits per heavy atom. The highest BCUT2D eigenvalue weighted by Gasteiger charge is 2.47. The van der Waals surface area contributed by atoms with Crippen molar-refractivity contribution in [3.05, 3.63) is 94.7 Å². The summed E-state index contributed by atoms with van der Waals surface area (Å²) in [6, 6.07) is 19.5. The molecule has 0 unspecified atom stereocenters. The van der Waals surface area contributed by atoms with E-state index in [4.69, 9.17) is 18.9 Å². The number of carbonyl (C=O) groups is 1. The molecule has 1 amide bonds. The van der Waals surface area contributed by atoms with E-state index in [9.17, 15) is 9.18 Å². The first kappa shape index (κ1) is 31.9. The molecule has 1 fully saturated rings. The van der Waals surface area contributed by atoms with Gasteiger partial charge in [0.15, 0.2) is 5.67 Å². The number of methoxy groups -OCH3 is 1. The second-order valence-electron chi connectivity index (χ2n) is 12.3. The molecule has 0 N–H and O–H groups in total. The second-order valence-corrected chi connectivity index (χ2v) is 12.3. The van der Waals surface area contributed by atoms with Gasteiger partial charge < -0.3 is 23.8 Å². The minimum Gasteiger partial charge on any atom is -0.496 e. The second kappa shape index (κ2) is 14.2. The summed E-state index contributed by atoms with van der Waals surface area (Å²) < 4.78 is 51.1. The van der Waals surface area contributed by atoms with Crippen molar-refractivity contribution in [1.29, 1.82) is 0 Å². The Bertz CT molecular complexity index is 1550. The summed E-state index contributed by atoms with van der Waals surface area (Å²) >= 11 is 0. The van der Waals surface area contributed by atoms with E-state index in [-0.39, 0.29) is 64.6 Å². The van der Waals surface area contributed by atoms with Crippen LogP contribution in [-0.2, 0) is 22.5 Å². The van der Waals surface area contributed by atoms with E-state index in [1.54, 1.807) is 19.4 Å². The summed E-state index contributed by atoms with van der Waals surface area (Å²) in [6.07, 6.45) is 3.05. The number of rotatable bonds is 13. The lowest BCUT2D eigenvalue weighted by molar-refractivity contribution is -0.147. The van der Waals surface area contributed by atoms with E-state index in [2.05, 4.69) is 41.1 Å². The van der Waals surface area contributed by atoms with Crippen molar-refractivity contribution >= 4 is 11.7 Å². The van der Waals surface area contributed by atoms with E-state index < -0.39 is 18.4 Å². The van der Waals surface area contributed by atoms with E-state index in [1.807, 2.05) is 30.3 Å². The third kappa shape index (κ3) is 6.88. The highest BCUT2D eigenvalue weighted by Crippen LogP contribution is 2.51. The molecule has 3 aliphatic rings. The van der Waals surface area contributed by atoms with Crippen LogP contribution >= 0.6 is 0 Å². The fourth-order valence-corrected chi connectivity index (χ4v) is 6.69. The smallest absolute Gasteiger partial charge is 0.410 e. The summed E-state index contributed by atoms with van der Waals surface area (Å²) in [4.78, 5) is 21.1. The van der Waals surface area contributed by atoms with Gasteiger partial charge in [-0.1, -0.05) is 54.6 Å². The molecular formula is C36H41F2N3O5. The fourth-order valence-electron chi connectivity index (χ4n) is 6.69. The number of carbonyl (C=O) groups excluding carboxylic acids is 1. The van der Waals surface area contributed by atoms with Crippen LogP contribution in [0, 0.1) is 0 Å². The Balaban J connectivity index is 1.19. The van der Waals surface area contributed by atoms with Crippen LogP contribution in [0.15, 0.2) is 72.4 Å². The van der Waals surface area contributed by atoms with Gasteiger partial charge in [-0.2, -0.15) is 0 Å². The Kier molecular flexibility index (Phi) is 9.84. The van der Waals surface area contributed by atoms with Crippen LogP contribution < -0.4 is 9.47 Å². The van der Waals surface area contributed by atoms with E-state index in [1.165, 1.54) is 27.2 Å².